The lowest BCUT2D eigenvalue weighted by atomic mass is 9.77. The van der Waals surface area contributed by atoms with Gasteiger partial charge in [0.05, 0.1) is 7.11 Å². The summed E-state index contributed by atoms with van der Waals surface area (Å²) in [5.41, 5.74) is 7.48. The van der Waals surface area contributed by atoms with Crippen molar-refractivity contribution in [3.05, 3.63) is 29.8 Å². The molecule has 2 rings (SSSR count). The highest BCUT2D eigenvalue weighted by molar-refractivity contribution is 5.32. The van der Waals surface area contributed by atoms with E-state index in [1.807, 2.05) is 12.1 Å². The SMILES string of the molecule is COc1cccc(C(C)(N)CC2CCCCC2)c1. The van der Waals surface area contributed by atoms with Crippen molar-refractivity contribution >= 4 is 0 Å². The Morgan fingerprint density at radius 1 is 1.28 bits per heavy atom. The monoisotopic (exact) mass is 247 g/mol. The Bertz CT molecular complexity index is 380. The molecule has 1 unspecified atom stereocenters. The molecule has 0 amide bonds. The molecule has 0 aliphatic heterocycles. The van der Waals surface area contributed by atoms with Crippen LogP contribution in [-0.4, -0.2) is 7.11 Å². The second kappa shape index (κ2) is 5.75. The number of nitrogens with two attached hydrogens (primary N) is 1. The second-order valence-electron chi connectivity index (χ2n) is 5.86. The van der Waals surface area contributed by atoms with Crippen molar-refractivity contribution in [1.29, 1.82) is 0 Å². The van der Waals surface area contributed by atoms with Crippen LogP contribution < -0.4 is 10.5 Å². The van der Waals surface area contributed by atoms with Crippen molar-refractivity contribution in [3.63, 3.8) is 0 Å². The molecule has 0 heterocycles. The summed E-state index contributed by atoms with van der Waals surface area (Å²) in [5.74, 6) is 1.69. The summed E-state index contributed by atoms with van der Waals surface area (Å²) < 4.78 is 5.28. The topological polar surface area (TPSA) is 35.2 Å². The first-order valence-electron chi connectivity index (χ1n) is 7.05. The maximum Gasteiger partial charge on any atom is 0.119 e. The van der Waals surface area contributed by atoms with Gasteiger partial charge in [-0.05, 0) is 37.0 Å². The van der Waals surface area contributed by atoms with Crippen LogP contribution in [0.25, 0.3) is 0 Å². The fourth-order valence-corrected chi connectivity index (χ4v) is 3.09. The van der Waals surface area contributed by atoms with E-state index in [1.165, 1.54) is 37.7 Å². The number of rotatable bonds is 4. The lowest BCUT2D eigenvalue weighted by Crippen LogP contribution is -2.35. The normalized spacial score (nSPS) is 20.4. The van der Waals surface area contributed by atoms with Gasteiger partial charge >= 0.3 is 0 Å². The van der Waals surface area contributed by atoms with Crippen molar-refractivity contribution in [3.8, 4) is 5.75 Å². The highest BCUT2D eigenvalue weighted by Crippen LogP contribution is 2.34. The molecule has 1 aliphatic carbocycles. The van der Waals surface area contributed by atoms with Crippen LogP contribution >= 0.6 is 0 Å². The van der Waals surface area contributed by atoms with Gasteiger partial charge in [0.25, 0.3) is 0 Å². The zero-order valence-electron chi connectivity index (χ0n) is 11.6. The third-order valence-corrected chi connectivity index (χ3v) is 4.17. The van der Waals surface area contributed by atoms with Crippen LogP contribution in [0.4, 0.5) is 0 Å². The third-order valence-electron chi connectivity index (χ3n) is 4.17. The Morgan fingerprint density at radius 2 is 2.00 bits per heavy atom. The quantitative estimate of drug-likeness (QED) is 0.877. The van der Waals surface area contributed by atoms with E-state index >= 15 is 0 Å². The van der Waals surface area contributed by atoms with Crippen LogP contribution in [0.3, 0.4) is 0 Å². The van der Waals surface area contributed by atoms with E-state index in [4.69, 9.17) is 10.5 Å². The highest BCUT2D eigenvalue weighted by Gasteiger charge is 2.27. The lowest BCUT2D eigenvalue weighted by Gasteiger charge is -2.32. The van der Waals surface area contributed by atoms with E-state index in [0.29, 0.717) is 0 Å². The second-order valence-corrected chi connectivity index (χ2v) is 5.86. The zero-order chi connectivity index (χ0) is 13.0. The molecular formula is C16H25NO. The van der Waals surface area contributed by atoms with Crippen molar-refractivity contribution in [2.75, 3.05) is 7.11 Å². The van der Waals surface area contributed by atoms with Gasteiger partial charge in [-0.2, -0.15) is 0 Å². The van der Waals surface area contributed by atoms with E-state index in [0.717, 1.165) is 18.1 Å². The minimum atomic E-state index is -0.240. The molecule has 1 aromatic carbocycles. The molecule has 1 aromatic rings. The van der Waals surface area contributed by atoms with Crippen molar-refractivity contribution < 1.29 is 4.74 Å². The van der Waals surface area contributed by atoms with Crippen molar-refractivity contribution in [1.82, 2.24) is 0 Å². The molecular weight excluding hydrogens is 222 g/mol. The van der Waals surface area contributed by atoms with Crippen LogP contribution in [0.15, 0.2) is 24.3 Å². The third kappa shape index (κ3) is 3.26. The molecule has 2 nitrogen and oxygen atoms in total. The van der Waals surface area contributed by atoms with Crippen LogP contribution in [0.1, 0.15) is 51.0 Å². The van der Waals surface area contributed by atoms with Gasteiger partial charge < -0.3 is 10.5 Å². The average molecular weight is 247 g/mol. The van der Waals surface area contributed by atoms with Crippen LogP contribution in [0, 0.1) is 5.92 Å². The Kier molecular flexibility index (Phi) is 4.28. The predicted octanol–water partition coefficient (Wildman–Crippen LogP) is 3.84. The van der Waals surface area contributed by atoms with Gasteiger partial charge in [0.2, 0.25) is 0 Å². The van der Waals surface area contributed by atoms with Crippen LogP contribution in [0.2, 0.25) is 0 Å². The van der Waals surface area contributed by atoms with Gasteiger partial charge in [0.15, 0.2) is 0 Å². The first kappa shape index (κ1) is 13.4. The van der Waals surface area contributed by atoms with E-state index in [2.05, 4.69) is 19.1 Å². The Hall–Kier alpha value is -1.02. The molecule has 1 aliphatic rings. The molecule has 1 fully saturated rings. The van der Waals surface area contributed by atoms with Gasteiger partial charge in [-0.3, -0.25) is 0 Å². The molecule has 1 atom stereocenters. The first-order chi connectivity index (χ1) is 8.62. The maximum atomic E-state index is 6.54. The summed E-state index contributed by atoms with van der Waals surface area (Å²) in [5, 5.41) is 0. The van der Waals surface area contributed by atoms with Gasteiger partial charge in [-0.15, -0.1) is 0 Å². The molecule has 0 bridgehead atoms. The van der Waals surface area contributed by atoms with Gasteiger partial charge in [-0.1, -0.05) is 44.2 Å². The summed E-state index contributed by atoms with van der Waals surface area (Å²) in [6, 6.07) is 8.19. The molecule has 1 saturated carbocycles. The molecule has 0 aromatic heterocycles. The number of hydrogen-bond acceptors (Lipinski definition) is 2. The first-order valence-corrected chi connectivity index (χ1v) is 7.05. The molecule has 2 N–H and O–H groups in total. The summed E-state index contributed by atoms with van der Waals surface area (Å²) in [7, 11) is 1.70. The molecule has 0 saturated heterocycles. The number of ether oxygens (including phenoxy) is 1. The smallest absolute Gasteiger partial charge is 0.119 e. The number of methoxy groups -OCH3 is 1. The predicted molar refractivity (Wildman–Crippen MR) is 75.7 cm³/mol. The number of hydrogen-bond donors (Lipinski definition) is 1. The summed E-state index contributed by atoms with van der Waals surface area (Å²) >= 11 is 0. The summed E-state index contributed by atoms with van der Waals surface area (Å²) in [4.78, 5) is 0. The van der Waals surface area contributed by atoms with Gasteiger partial charge in [-0.25, -0.2) is 0 Å². The summed E-state index contributed by atoms with van der Waals surface area (Å²) in [6.45, 7) is 2.15. The molecule has 2 heteroatoms. The van der Waals surface area contributed by atoms with E-state index in [9.17, 15) is 0 Å². The van der Waals surface area contributed by atoms with Gasteiger partial charge in [0.1, 0.15) is 5.75 Å². The Balaban J connectivity index is 2.08. The average Bonchev–Trinajstić information content (AvgIpc) is 2.39. The Labute approximate surface area is 111 Å². The lowest BCUT2D eigenvalue weighted by molar-refractivity contribution is 0.271. The molecule has 0 radical (unpaired) electrons. The summed E-state index contributed by atoms with van der Waals surface area (Å²) in [6.07, 6.45) is 7.92. The van der Waals surface area contributed by atoms with Crippen LogP contribution in [-0.2, 0) is 5.54 Å². The molecule has 18 heavy (non-hydrogen) atoms. The fraction of sp³-hybridized carbons (Fsp3) is 0.625. The van der Waals surface area contributed by atoms with Crippen LogP contribution in [0.5, 0.6) is 5.75 Å². The van der Waals surface area contributed by atoms with Crippen molar-refractivity contribution in [2.24, 2.45) is 11.7 Å². The van der Waals surface area contributed by atoms with E-state index in [1.54, 1.807) is 7.11 Å². The fourth-order valence-electron chi connectivity index (χ4n) is 3.09. The number of benzene rings is 1. The zero-order valence-corrected chi connectivity index (χ0v) is 11.6. The standard InChI is InChI=1S/C16H25NO/c1-16(17,12-13-7-4-3-5-8-13)14-9-6-10-15(11-14)18-2/h6,9-11,13H,3-5,7-8,12,17H2,1-2H3. The van der Waals surface area contributed by atoms with Gasteiger partial charge in [0, 0.05) is 5.54 Å². The Morgan fingerprint density at radius 3 is 2.67 bits per heavy atom. The maximum absolute atomic E-state index is 6.54. The molecule has 0 spiro atoms. The largest absolute Gasteiger partial charge is 0.497 e. The molecule has 100 valence electrons. The minimum absolute atomic E-state index is 0.240. The highest BCUT2D eigenvalue weighted by atomic mass is 16.5. The van der Waals surface area contributed by atoms with E-state index in [-0.39, 0.29) is 5.54 Å². The minimum Gasteiger partial charge on any atom is -0.497 e. The van der Waals surface area contributed by atoms with Crippen molar-refractivity contribution in [2.45, 2.75) is 51.0 Å². The van der Waals surface area contributed by atoms with E-state index < -0.39 is 0 Å².